The van der Waals surface area contributed by atoms with Crippen LogP contribution >= 0.6 is 34.8 Å². The summed E-state index contributed by atoms with van der Waals surface area (Å²) in [5.41, 5.74) is 1.74. The topological polar surface area (TPSA) is 86.8 Å². The quantitative estimate of drug-likeness (QED) is 0.337. The second-order valence-corrected chi connectivity index (χ2v) is 12.2. The average molecular weight is 591 g/mol. The van der Waals surface area contributed by atoms with Crippen LogP contribution in [0.1, 0.15) is 51.2 Å². The Morgan fingerprint density at radius 3 is 2.24 bits per heavy atom. The summed E-state index contributed by atoms with van der Waals surface area (Å²) < 4.78 is 26.4. The highest BCUT2D eigenvalue weighted by molar-refractivity contribution is 7.92. The number of rotatable bonds is 12. The zero-order valence-corrected chi connectivity index (χ0v) is 24.8. The maximum atomic E-state index is 13.4. The molecule has 0 aliphatic heterocycles. The zero-order valence-electron chi connectivity index (χ0n) is 21.7. The van der Waals surface area contributed by atoms with Gasteiger partial charge in [0.05, 0.1) is 11.9 Å². The second-order valence-electron chi connectivity index (χ2n) is 9.09. The Kier molecular flexibility index (Phi) is 11.6. The van der Waals surface area contributed by atoms with E-state index >= 15 is 0 Å². The summed E-state index contributed by atoms with van der Waals surface area (Å²) in [4.78, 5) is 27.8. The van der Waals surface area contributed by atoms with Gasteiger partial charge in [-0.05, 0) is 63.4 Å². The molecule has 2 aromatic rings. The lowest BCUT2D eigenvalue weighted by Crippen LogP contribution is -2.49. The van der Waals surface area contributed by atoms with Gasteiger partial charge in [0.1, 0.15) is 6.04 Å². The van der Waals surface area contributed by atoms with Crippen LogP contribution < -0.4 is 9.62 Å². The maximum absolute atomic E-state index is 13.4. The van der Waals surface area contributed by atoms with E-state index in [1.165, 1.54) is 9.21 Å². The SMILES string of the molecule is CC[C@@H](C)NC(=O)[C@@H](C)N(Cc1c(Cl)cccc1Cl)C(=O)CCCN(c1cc(Cl)ccc1C)S(C)(=O)=O. The molecule has 2 atom stereocenters. The molecule has 0 aromatic heterocycles. The van der Waals surface area contributed by atoms with Crippen LogP contribution in [0.15, 0.2) is 36.4 Å². The number of carbonyl (C=O) groups excluding carboxylic acids is 2. The first kappa shape index (κ1) is 31.2. The first-order valence-electron chi connectivity index (χ1n) is 12.0. The number of aryl methyl sites for hydroxylation is 1. The van der Waals surface area contributed by atoms with Crippen molar-refractivity contribution in [1.29, 1.82) is 0 Å². The normalized spacial score (nSPS) is 13.1. The summed E-state index contributed by atoms with van der Waals surface area (Å²) in [6.07, 6.45) is 2.09. The number of hydrogen-bond donors (Lipinski definition) is 1. The Bertz CT molecular complexity index is 1200. The third-order valence-electron chi connectivity index (χ3n) is 6.15. The standard InChI is InChI=1S/C26H34Cl3N3O4S/c1-6-18(3)30-26(34)19(4)31(16-21-22(28)9-7-10-23(21)29)25(33)11-8-14-32(37(5,35)36)24-15-20(27)13-12-17(24)2/h7,9-10,12-13,15,18-19H,6,8,11,14,16H2,1-5H3,(H,30,34)/t18-,19-/m1/s1. The highest BCUT2D eigenvalue weighted by Gasteiger charge is 2.28. The summed E-state index contributed by atoms with van der Waals surface area (Å²) in [6.45, 7) is 7.40. The molecule has 2 rings (SSSR count). The summed E-state index contributed by atoms with van der Waals surface area (Å²) in [6, 6.07) is 9.22. The molecular formula is C26H34Cl3N3O4S. The van der Waals surface area contributed by atoms with Crippen LogP contribution in [0.25, 0.3) is 0 Å². The largest absolute Gasteiger partial charge is 0.352 e. The first-order valence-corrected chi connectivity index (χ1v) is 15.0. The Hall–Kier alpha value is -2.00. The Morgan fingerprint density at radius 1 is 1.05 bits per heavy atom. The van der Waals surface area contributed by atoms with Gasteiger partial charge in [-0.1, -0.05) is 53.9 Å². The molecule has 0 aliphatic carbocycles. The van der Waals surface area contributed by atoms with Crippen LogP contribution in [0, 0.1) is 6.92 Å². The van der Waals surface area contributed by atoms with Gasteiger partial charge in [0.25, 0.3) is 0 Å². The van der Waals surface area contributed by atoms with E-state index in [4.69, 9.17) is 34.8 Å². The summed E-state index contributed by atoms with van der Waals surface area (Å²) in [5.74, 6) is -0.614. The van der Waals surface area contributed by atoms with E-state index in [2.05, 4.69) is 5.32 Å². The Morgan fingerprint density at radius 2 is 1.68 bits per heavy atom. The molecule has 0 unspecified atom stereocenters. The third kappa shape index (κ3) is 8.77. The molecule has 7 nitrogen and oxygen atoms in total. The van der Waals surface area contributed by atoms with Gasteiger partial charge in [0.2, 0.25) is 21.8 Å². The number of anilines is 1. The number of nitrogens with zero attached hydrogens (tertiary/aromatic N) is 2. The second kappa shape index (κ2) is 13.7. The average Bonchev–Trinajstić information content (AvgIpc) is 2.82. The number of nitrogens with one attached hydrogen (secondary N) is 1. The van der Waals surface area contributed by atoms with Crippen LogP contribution in [-0.4, -0.2) is 50.0 Å². The van der Waals surface area contributed by atoms with Crippen molar-refractivity contribution in [3.05, 3.63) is 62.6 Å². The molecule has 2 aromatic carbocycles. The molecule has 204 valence electrons. The van der Waals surface area contributed by atoms with Crippen LogP contribution in [0.4, 0.5) is 5.69 Å². The van der Waals surface area contributed by atoms with Gasteiger partial charge in [-0.3, -0.25) is 13.9 Å². The van der Waals surface area contributed by atoms with Crippen molar-refractivity contribution < 1.29 is 18.0 Å². The number of hydrogen-bond acceptors (Lipinski definition) is 4. The molecule has 0 spiro atoms. The van der Waals surface area contributed by atoms with Gasteiger partial charge in [-0.15, -0.1) is 0 Å². The fraction of sp³-hybridized carbons (Fsp3) is 0.462. The van der Waals surface area contributed by atoms with Crippen LogP contribution in [0.5, 0.6) is 0 Å². The van der Waals surface area contributed by atoms with Gasteiger partial charge >= 0.3 is 0 Å². The van der Waals surface area contributed by atoms with E-state index < -0.39 is 16.1 Å². The van der Waals surface area contributed by atoms with E-state index in [0.717, 1.165) is 18.2 Å². The van der Waals surface area contributed by atoms with E-state index in [0.29, 0.717) is 26.3 Å². The molecule has 11 heteroatoms. The highest BCUT2D eigenvalue weighted by Crippen LogP contribution is 2.28. The number of sulfonamides is 1. The number of carbonyl (C=O) groups is 2. The van der Waals surface area contributed by atoms with Crippen molar-refractivity contribution in [2.45, 2.75) is 65.6 Å². The van der Waals surface area contributed by atoms with Crippen molar-refractivity contribution in [2.24, 2.45) is 0 Å². The molecule has 2 amide bonds. The number of benzene rings is 2. The lowest BCUT2D eigenvalue weighted by molar-refractivity contribution is -0.140. The van der Waals surface area contributed by atoms with Gasteiger partial charge in [0, 0.05) is 46.2 Å². The molecule has 0 bridgehead atoms. The van der Waals surface area contributed by atoms with Crippen LogP contribution in [0.2, 0.25) is 15.1 Å². The smallest absolute Gasteiger partial charge is 0.242 e. The number of halogens is 3. The van der Waals surface area contributed by atoms with Crippen molar-refractivity contribution in [1.82, 2.24) is 10.2 Å². The molecule has 0 heterocycles. The molecule has 0 radical (unpaired) electrons. The van der Waals surface area contributed by atoms with Crippen molar-refractivity contribution in [3.63, 3.8) is 0 Å². The molecular weight excluding hydrogens is 557 g/mol. The van der Waals surface area contributed by atoms with Crippen LogP contribution in [-0.2, 0) is 26.2 Å². The monoisotopic (exact) mass is 589 g/mol. The van der Waals surface area contributed by atoms with Gasteiger partial charge in [-0.2, -0.15) is 0 Å². The zero-order chi connectivity index (χ0) is 27.9. The van der Waals surface area contributed by atoms with Gasteiger partial charge < -0.3 is 10.2 Å². The lowest BCUT2D eigenvalue weighted by Gasteiger charge is -2.31. The van der Waals surface area contributed by atoms with Crippen molar-refractivity contribution >= 4 is 62.3 Å². The number of amides is 2. The van der Waals surface area contributed by atoms with E-state index in [1.807, 2.05) is 13.8 Å². The minimum absolute atomic E-state index is 0.00859. The predicted molar refractivity (Wildman–Crippen MR) is 152 cm³/mol. The summed E-state index contributed by atoms with van der Waals surface area (Å²) in [5, 5.41) is 4.10. The van der Waals surface area contributed by atoms with E-state index in [-0.39, 0.29) is 43.8 Å². The maximum Gasteiger partial charge on any atom is 0.242 e. The van der Waals surface area contributed by atoms with Crippen molar-refractivity contribution in [2.75, 3.05) is 17.1 Å². The minimum Gasteiger partial charge on any atom is -0.352 e. The minimum atomic E-state index is -3.63. The summed E-state index contributed by atoms with van der Waals surface area (Å²) in [7, 11) is -3.63. The van der Waals surface area contributed by atoms with Crippen molar-refractivity contribution in [3.8, 4) is 0 Å². The van der Waals surface area contributed by atoms with E-state index in [9.17, 15) is 18.0 Å². The molecule has 0 fully saturated rings. The first-order chi connectivity index (χ1) is 17.3. The fourth-order valence-electron chi connectivity index (χ4n) is 3.74. The third-order valence-corrected chi connectivity index (χ3v) is 8.27. The Labute approximate surface area is 235 Å². The fourth-order valence-corrected chi connectivity index (χ4v) is 5.43. The molecule has 0 saturated heterocycles. The van der Waals surface area contributed by atoms with Crippen LogP contribution in [0.3, 0.4) is 0 Å². The lowest BCUT2D eigenvalue weighted by atomic mass is 10.1. The highest BCUT2D eigenvalue weighted by atomic mass is 35.5. The van der Waals surface area contributed by atoms with E-state index in [1.54, 1.807) is 50.2 Å². The molecule has 1 N–H and O–H groups in total. The molecule has 0 aliphatic rings. The Balaban J connectivity index is 2.26. The van der Waals surface area contributed by atoms with Gasteiger partial charge in [0.15, 0.2) is 0 Å². The molecule has 0 saturated carbocycles. The molecule has 37 heavy (non-hydrogen) atoms. The predicted octanol–water partition coefficient (Wildman–Crippen LogP) is 5.83. The summed E-state index contributed by atoms with van der Waals surface area (Å²) >= 11 is 18.8. The van der Waals surface area contributed by atoms with Gasteiger partial charge in [-0.25, -0.2) is 8.42 Å².